The van der Waals surface area contributed by atoms with Gasteiger partial charge in [0.2, 0.25) is 5.91 Å². The highest BCUT2D eigenvalue weighted by Crippen LogP contribution is 2.42. The van der Waals surface area contributed by atoms with Gasteiger partial charge in [-0.2, -0.15) is 0 Å². The second kappa shape index (κ2) is 8.24. The van der Waals surface area contributed by atoms with E-state index in [2.05, 4.69) is 17.2 Å². The maximum Gasteiger partial charge on any atom is 0.223 e. The molecule has 0 aromatic carbocycles. The summed E-state index contributed by atoms with van der Waals surface area (Å²) in [5.74, 6) is 1.46. The Morgan fingerprint density at radius 2 is 2.17 bits per heavy atom. The van der Waals surface area contributed by atoms with Crippen LogP contribution in [-0.4, -0.2) is 34.0 Å². The fourth-order valence-corrected chi connectivity index (χ4v) is 4.64. The first-order chi connectivity index (χ1) is 14.4. The Kier molecular flexibility index (Phi) is 5.66. The van der Waals surface area contributed by atoms with Crippen LogP contribution in [0.3, 0.4) is 0 Å². The number of nitrogens with two attached hydrogens (primary N) is 2. The number of rotatable bonds is 8. The number of carbonyl (C=O) groups is 1. The zero-order valence-corrected chi connectivity index (χ0v) is 17.5. The predicted molar refractivity (Wildman–Crippen MR) is 115 cm³/mol. The summed E-state index contributed by atoms with van der Waals surface area (Å²) in [6.07, 6.45) is 6.94. The Morgan fingerprint density at radius 3 is 2.83 bits per heavy atom. The van der Waals surface area contributed by atoms with Gasteiger partial charge in [0.05, 0.1) is 0 Å². The summed E-state index contributed by atoms with van der Waals surface area (Å²) < 4.78 is 16.2. The Balaban J connectivity index is 1.57. The summed E-state index contributed by atoms with van der Waals surface area (Å²) in [5, 5.41) is 10.7. The highest BCUT2D eigenvalue weighted by molar-refractivity contribution is 5.97. The number of carbonyl (C=O) groups excluding carboxylic acids is 1. The molecule has 0 bridgehead atoms. The van der Waals surface area contributed by atoms with Gasteiger partial charge in [-0.3, -0.25) is 10.2 Å². The van der Waals surface area contributed by atoms with Gasteiger partial charge in [0.15, 0.2) is 0 Å². The predicted octanol–water partition coefficient (Wildman–Crippen LogP) is 2.60. The molecule has 6 N–H and O–H groups in total. The van der Waals surface area contributed by atoms with Gasteiger partial charge in [0, 0.05) is 25.4 Å². The third-order valence-corrected chi connectivity index (χ3v) is 6.58. The fraction of sp³-hybridized carbons (Fsp3) is 0.591. The number of amides is 1. The number of allylic oxidation sites excluding steroid dienone is 4. The van der Waals surface area contributed by atoms with Crippen LogP contribution in [-0.2, 0) is 17.8 Å². The summed E-state index contributed by atoms with van der Waals surface area (Å²) in [7, 11) is 0. The molecular formula is C22H31FN6O. The normalized spacial score (nSPS) is 23.3. The minimum absolute atomic E-state index is 0.0813. The molecule has 2 unspecified atom stereocenters. The van der Waals surface area contributed by atoms with E-state index in [9.17, 15) is 9.18 Å². The smallest absolute Gasteiger partial charge is 0.223 e. The fourth-order valence-electron chi connectivity index (χ4n) is 4.64. The van der Waals surface area contributed by atoms with Crippen LogP contribution in [0.4, 0.5) is 10.2 Å². The van der Waals surface area contributed by atoms with Gasteiger partial charge in [-0.25, -0.2) is 9.37 Å². The molecule has 3 aliphatic rings. The number of hydrogen-bond acceptors (Lipinski definition) is 4. The molecule has 30 heavy (non-hydrogen) atoms. The van der Waals surface area contributed by atoms with Crippen LogP contribution in [0.25, 0.3) is 0 Å². The number of nitrogen functional groups attached to an aromatic ring is 2. The molecule has 1 amide bonds. The van der Waals surface area contributed by atoms with Crippen molar-refractivity contribution in [2.24, 2.45) is 17.6 Å². The van der Waals surface area contributed by atoms with Gasteiger partial charge >= 0.3 is 0 Å². The van der Waals surface area contributed by atoms with E-state index in [1.54, 1.807) is 0 Å². The molecule has 0 radical (unpaired) electrons. The molecular weight excluding hydrogens is 383 g/mol. The van der Waals surface area contributed by atoms with E-state index >= 15 is 0 Å². The lowest BCUT2D eigenvalue weighted by atomic mass is 9.81. The molecule has 4 rings (SSSR count). The van der Waals surface area contributed by atoms with Crippen LogP contribution in [0.2, 0.25) is 0 Å². The quantitative estimate of drug-likeness (QED) is 0.386. The van der Waals surface area contributed by atoms with Crippen molar-refractivity contribution in [3.63, 3.8) is 0 Å². The average molecular weight is 415 g/mol. The van der Waals surface area contributed by atoms with Gasteiger partial charge in [-0.15, -0.1) is 0 Å². The Morgan fingerprint density at radius 1 is 1.40 bits per heavy atom. The molecule has 162 valence electrons. The monoisotopic (exact) mass is 414 g/mol. The number of nitrogens with zero attached hydrogens (tertiary/aromatic N) is 2. The lowest BCUT2D eigenvalue weighted by Crippen LogP contribution is -2.29. The molecule has 0 spiro atoms. The Labute approximate surface area is 176 Å². The molecule has 2 atom stereocenters. The zero-order valence-electron chi connectivity index (χ0n) is 17.5. The maximum absolute atomic E-state index is 14.3. The van der Waals surface area contributed by atoms with Crippen molar-refractivity contribution in [2.75, 3.05) is 12.3 Å². The van der Waals surface area contributed by atoms with E-state index in [1.807, 2.05) is 10.6 Å². The summed E-state index contributed by atoms with van der Waals surface area (Å²) >= 11 is 0. The molecule has 1 heterocycles. The average Bonchev–Trinajstić information content (AvgIpc) is 3.45. The number of imidazole rings is 1. The van der Waals surface area contributed by atoms with E-state index in [0.717, 1.165) is 43.3 Å². The number of aromatic nitrogens is 2. The molecule has 1 fully saturated rings. The summed E-state index contributed by atoms with van der Waals surface area (Å²) in [6.45, 7) is 3.06. The lowest BCUT2D eigenvalue weighted by molar-refractivity contribution is -0.122. The third-order valence-electron chi connectivity index (χ3n) is 6.58. The highest BCUT2D eigenvalue weighted by atomic mass is 19.1. The molecule has 8 heteroatoms. The first kappa shape index (κ1) is 20.6. The summed E-state index contributed by atoms with van der Waals surface area (Å²) in [6, 6.07) is 0. The van der Waals surface area contributed by atoms with Crippen molar-refractivity contribution in [1.82, 2.24) is 14.9 Å². The van der Waals surface area contributed by atoms with Gasteiger partial charge in [-0.05, 0) is 50.0 Å². The van der Waals surface area contributed by atoms with Crippen LogP contribution < -0.4 is 16.8 Å². The van der Waals surface area contributed by atoms with E-state index in [-0.39, 0.29) is 23.4 Å². The molecule has 0 aliphatic heterocycles. The number of alkyl halides is 1. The number of halogens is 1. The second-order valence-corrected chi connectivity index (χ2v) is 8.66. The first-order valence-corrected chi connectivity index (χ1v) is 10.9. The van der Waals surface area contributed by atoms with Crippen LogP contribution in [0.1, 0.15) is 57.0 Å². The maximum atomic E-state index is 14.3. The number of hydrogen-bond donors (Lipinski definition) is 4. The zero-order chi connectivity index (χ0) is 21.4. The van der Waals surface area contributed by atoms with Crippen molar-refractivity contribution >= 4 is 17.6 Å². The van der Waals surface area contributed by atoms with Gasteiger partial charge in [0.1, 0.15) is 29.3 Å². The van der Waals surface area contributed by atoms with Crippen LogP contribution in [0.15, 0.2) is 22.8 Å². The Bertz CT molecular complexity index is 926. The van der Waals surface area contributed by atoms with Crippen molar-refractivity contribution < 1.29 is 9.18 Å². The Hall–Kier alpha value is -2.64. The summed E-state index contributed by atoms with van der Waals surface area (Å²) in [4.78, 5) is 16.5. The van der Waals surface area contributed by atoms with Crippen LogP contribution in [0, 0.1) is 17.2 Å². The minimum atomic E-state index is -0.872. The van der Waals surface area contributed by atoms with E-state index < -0.39 is 6.17 Å². The highest BCUT2D eigenvalue weighted by Gasteiger charge is 2.32. The van der Waals surface area contributed by atoms with Crippen molar-refractivity contribution in [3.8, 4) is 0 Å². The minimum Gasteiger partial charge on any atom is -0.383 e. The molecule has 0 saturated heterocycles. The van der Waals surface area contributed by atoms with Crippen molar-refractivity contribution in [2.45, 2.75) is 64.6 Å². The second-order valence-electron chi connectivity index (χ2n) is 8.66. The van der Waals surface area contributed by atoms with Crippen LogP contribution >= 0.6 is 0 Å². The molecule has 1 aromatic rings. The van der Waals surface area contributed by atoms with Crippen molar-refractivity contribution in [1.29, 1.82) is 5.41 Å². The third kappa shape index (κ3) is 4.00. The van der Waals surface area contributed by atoms with Crippen molar-refractivity contribution in [3.05, 3.63) is 34.3 Å². The van der Waals surface area contributed by atoms with E-state index in [1.165, 1.54) is 5.57 Å². The molecule has 7 nitrogen and oxygen atoms in total. The van der Waals surface area contributed by atoms with Gasteiger partial charge in [-0.1, -0.05) is 24.1 Å². The number of nitrogens with one attached hydrogen (secondary N) is 2. The van der Waals surface area contributed by atoms with Crippen LogP contribution in [0.5, 0.6) is 0 Å². The molecule has 3 aliphatic carbocycles. The SMILES string of the molecule is CCC1CC2=C(C=C1Cc1nc(C(=N)N)c(N)n1CCNC(=O)C1CC1)C(F)CC2. The largest absolute Gasteiger partial charge is 0.383 e. The molecule has 1 aromatic heterocycles. The standard InChI is InChI=1S/C22H31FN6O/c1-2-12-9-14-5-6-17(23)16(14)10-15(12)11-18-28-19(20(24)25)21(26)29(18)8-7-27-22(30)13-3-4-13/h10,12-13,17H,2-9,11,26H2,1H3,(H3,24,25)(H,27,30). The topological polar surface area (TPSA) is 123 Å². The number of anilines is 1. The van der Waals surface area contributed by atoms with E-state index in [0.29, 0.717) is 43.5 Å². The van der Waals surface area contributed by atoms with E-state index in [4.69, 9.17) is 16.9 Å². The van der Waals surface area contributed by atoms with Gasteiger partial charge < -0.3 is 21.4 Å². The molecule has 1 saturated carbocycles. The number of amidine groups is 1. The van der Waals surface area contributed by atoms with Gasteiger partial charge in [0.25, 0.3) is 0 Å². The first-order valence-electron chi connectivity index (χ1n) is 10.9. The lowest BCUT2D eigenvalue weighted by Gasteiger charge is -2.25. The summed E-state index contributed by atoms with van der Waals surface area (Å²) in [5.41, 5.74) is 15.5.